The monoisotopic (exact) mass is 360 g/mol. The number of piperazine rings is 1. The number of carbonyl (C=O) groups is 1. The average molecular weight is 360 g/mol. The fraction of sp³-hybridized carbons (Fsp3) is 0.261. The number of benzene rings is 3. The maximum Gasteiger partial charge on any atom is 0.260 e. The number of fused-ring (bicyclic) bond motifs is 1. The first-order chi connectivity index (χ1) is 13.3. The van der Waals surface area contributed by atoms with E-state index in [9.17, 15) is 4.79 Å². The van der Waals surface area contributed by atoms with E-state index in [0.717, 1.165) is 42.6 Å². The van der Waals surface area contributed by atoms with E-state index in [1.54, 1.807) is 0 Å². The molecular weight excluding hydrogens is 336 g/mol. The Balaban J connectivity index is 1.44. The van der Waals surface area contributed by atoms with Crippen LogP contribution in [0.25, 0.3) is 10.8 Å². The van der Waals surface area contributed by atoms with Crippen LogP contribution in [0.15, 0.2) is 72.8 Å². The average Bonchev–Trinajstić information content (AvgIpc) is 2.73. The third-order valence-corrected chi connectivity index (χ3v) is 5.09. The van der Waals surface area contributed by atoms with Crippen LogP contribution in [0, 0.1) is 0 Å². The molecule has 0 unspecified atom stereocenters. The van der Waals surface area contributed by atoms with Gasteiger partial charge in [0.25, 0.3) is 5.91 Å². The summed E-state index contributed by atoms with van der Waals surface area (Å²) in [5, 5.41) is 5.56. The Bertz CT molecular complexity index is 905. The summed E-state index contributed by atoms with van der Waals surface area (Å²) in [5.74, 6) is 0.807. The fourth-order valence-electron chi connectivity index (χ4n) is 3.70. The van der Waals surface area contributed by atoms with Crippen molar-refractivity contribution in [3.63, 3.8) is 0 Å². The van der Waals surface area contributed by atoms with E-state index < -0.39 is 0 Å². The molecule has 138 valence electrons. The smallest absolute Gasteiger partial charge is 0.260 e. The van der Waals surface area contributed by atoms with Gasteiger partial charge in [-0.25, -0.2) is 0 Å². The summed E-state index contributed by atoms with van der Waals surface area (Å²) >= 11 is 0. The van der Waals surface area contributed by atoms with Gasteiger partial charge in [-0.2, -0.15) is 0 Å². The summed E-state index contributed by atoms with van der Waals surface area (Å²) in [6.07, 6.45) is 0.855. The molecular formula is C23H24N2O2. The van der Waals surface area contributed by atoms with Crippen molar-refractivity contribution in [3.8, 4) is 5.75 Å². The molecule has 0 aliphatic carbocycles. The summed E-state index contributed by atoms with van der Waals surface area (Å²) < 4.78 is 5.92. The van der Waals surface area contributed by atoms with E-state index in [1.807, 2.05) is 53.4 Å². The standard InChI is InChI=1S/C23H24N2O2/c26-23(17-27-22-12-6-10-19-9-4-5-11-21(19)22)25-14-13-24-16-20(25)15-18-7-2-1-3-8-18/h1-12,20,24H,13-17H2/t20-/m1/s1. The minimum absolute atomic E-state index is 0.0466. The topological polar surface area (TPSA) is 41.6 Å². The van der Waals surface area contributed by atoms with Crippen LogP contribution in [0.5, 0.6) is 5.75 Å². The summed E-state index contributed by atoms with van der Waals surface area (Å²) in [5.41, 5.74) is 1.25. The van der Waals surface area contributed by atoms with Gasteiger partial charge >= 0.3 is 0 Å². The van der Waals surface area contributed by atoms with E-state index in [4.69, 9.17) is 4.74 Å². The quantitative estimate of drug-likeness (QED) is 0.759. The molecule has 1 heterocycles. The third-order valence-electron chi connectivity index (χ3n) is 5.09. The van der Waals surface area contributed by atoms with Gasteiger partial charge in [-0.3, -0.25) is 4.79 Å². The van der Waals surface area contributed by atoms with Crippen molar-refractivity contribution in [3.05, 3.63) is 78.4 Å². The Labute approximate surface area is 159 Å². The summed E-state index contributed by atoms with van der Waals surface area (Å²) in [6.45, 7) is 2.43. The summed E-state index contributed by atoms with van der Waals surface area (Å²) in [7, 11) is 0. The first kappa shape index (κ1) is 17.6. The number of carbonyl (C=O) groups excluding carboxylic acids is 1. The van der Waals surface area contributed by atoms with E-state index in [2.05, 4.69) is 29.6 Å². The van der Waals surface area contributed by atoms with Crippen LogP contribution in [0.2, 0.25) is 0 Å². The third kappa shape index (κ3) is 4.12. The molecule has 1 saturated heterocycles. The molecule has 4 nitrogen and oxygen atoms in total. The zero-order valence-electron chi connectivity index (χ0n) is 15.3. The molecule has 0 spiro atoms. The predicted molar refractivity (Wildman–Crippen MR) is 108 cm³/mol. The minimum atomic E-state index is 0.0466. The number of amides is 1. The van der Waals surface area contributed by atoms with E-state index in [1.165, 1.54) is 5.56 Å². The molecule has 1 amide bonds. The molecule has 0 bridgehead atoms. The predicted octanol–water partition coefficient (Wildman–Crippen LogP) is 3.26. The van der Waals surface area contributed by atoms with Crippen molar-refractivity contribution in [1.82, 2.24) is 10.2 Å². The molecule has 1 aliphatic heterocycles. The van der Waals surface area contributed by atoms with Crippen LogP contribution in [0.3, 0.4) is 0 Å². The molecule has 1 aliphatic rings. The van der Waals surface area contributed by atoms with Crippen LogP contribution >= 0.6 is 0 Å². The van der Waals surface area contributed by atoms with Crippen molar-refractivity contribution in [2.45, 2.75) is 12.5 Å². The zero-order valence-corrected chi connectivity index (χ0v) is 15.3. The van der Waals surface area contributed by atoms with Gasteiger partial charge in [0, 0.05) is 31.1 Å². The highest BCUT2D eigenvalue weighted by Gasteiger charge is 2.27. The lowest BCUT2D eigenvalue weighted by molar-refractivity contribution is -0.136. The Hall–Kier alpha value is -2.85. The SMILES string of the molecule is O=C(COc1cccc2ccccc12)N1CCNC[C@H]1Cc1ccccc1. The van der Waals surface area contributed by atoms with Crippen LogP contribution in [0.4, 0.5) is 0 Å². The lowest BCUT2D eigenvalue weighted by Gasteiger charge is -2.36. The van der Waals surface area contributed by atoms with Crippen LogP contribution in [-0.2, 0) is 11.2 Å². The van der Waals surface area contributed by atoms with E-state index >= 15 is 0 Å². The van der Waals surface area contributed by atoms with Gasteiger partial charge < -0.3 is 15.0 Å². The van der Waals surface area contributed by atoms with Crippen LogP contribution in [-0.4, -0.2) is 43.1 Å². The van der Waals surface area contributed by atoms with E-state index in [0.29, 0.717) is 0 Å². The molecule has 1 N–H and O–H groups in total. The fourth-order valence-corrected chi connectivity index (χ4v) is 3.70. The van der Waals surface area contributed by atoms with Gasteiger partial charge in [0.2, 0.25) is 0 Å². The summed E-state index contributed by atoms with van der Waals surface area (Å²) in [4.78, 5) is 14.8. The minimum Gasteiger partial charge on any atom is -0.483 e. The molecule has 0 saturated carbocycles. The molecule has 0 radical (unpaired) electrons. The number of nitrogens with one attached hydrogen (secondary N) is 1. The van der Waals surface area contributed by atoms with Gasteiger partial charge in [-0.05, 0) is 23.4 Å². The number of ether oxygens (including phenoxy) is 1. The van der Waals surface area contributed by atoms with Gasteiger partial charge in [0.15, 0.2) is 6.61 Å². The highest BCUT2D eigenvalue weighted by Crippen LogP contribution is 2.25. The molecule has 4 rings (SSSR count). The van der Waals surface area contributed by atoms with Crippen LogP contribution < -0.4 is 10.1 Å². The second kappa shape index (κ2) is 8.23. The molecule has 3 aromatic carbocycles. The molecule has 0 aromatic heterocycles. The second-order valence-electron chi connectivity index (χ2n) is 6.90. The lowest BCUT2D eigenvalue weighted by Crippen LogP contribution is -2.55. The van der Waals surface area contributed by atoms with Crippen LogP contribution in [0.1, 0.15) is 5.56 Å². The summed E-state index contributed by atoms with van der Waals surface area (Å²) in [6, 6.07) is 24.5. The Morgan fingerprint density at radius 1 is 1.00 bits per heavy atom. The second-order valence-corrected chi connectivity index (χ2v) is 6.90. The molecule has 1 fully saturated rings. The van der Waals surface area contributed by atoms with Crippen molar-refractivity contribution in [2.75, 3.05) is 26.2 Å². The van der Waals surface area contributed by atoms with E-state index in [-0.39, 0.29) is 18.6 Å². The molecule has 1 atom stereocenters. The Morgan fingerprint density at radius 2 is 1.78 bits per heavy atom. The number of rotatable bonds is 5. The molecule has 4 heteroatoms. The first-order valence-corrected chi connectivity index (χ1v) is 9.46. The normalized spacial score (nSPS) is 17.0. The van der Waals surface area contributed by atoms with Gasteiger partial charge in [-0.1, -0.05) is 66.7 Å². The van der Waals surface area contributed by atoms with Gasteiger partial charge in [0.1, 0.15) is 5.75 Å². The first-order valence-electron chi connectivity index (χ1n) is 9.46. The Kier molecular flexibility index (Phi) is 5.35. The maximum absolute atomic E-state index is 12.9. The highest BCUT2D eigenvalue weighted by molar-refractivity contribution is 5.88. The molecule has 3 aromatic rings. The number of hydrogen-bond acceptors (Lipinski definition) is 3. The largest absolute Gasteiger partial charge is 0.483 e. The van der Waals surface area contributed by atoms with Crippen molar-refractivity contribution >= 4 is 16.7 Å². The number of hydrogen-bond donors (Lipinski definition) is 1. The van der Waals surface area contributed by atoms with Crippen molar-refractivity contribution in [1.29, 1.82) is 0 Å². The highest BCUT2D eigenvalue weighted by atomic mass is 16.5. The van der Waals surface area contributed by atoms with Gasteiger partial charge in [-0.15, -0.1) is 0 Å². The molecule has 27 heavy (non-hydrogen) atoms. The van der Waals surface area contributed by atoms with Crippen molar-refractivity contribution in [2.24, 2.45) is 0 Å². The zero-order chi connectivity index (χ0) is 18.5. The Morgan fingerprint density at radius 3 is 2.67 bits per heavy atom. The van der Waals surface area contributed by atoms with Crippen molar-refractivity contribution < 1.29 is 9.53 Å². The lowest BCUT2D eigenvalue weighted by atomic mass is 10.0. The van der Waals surface area contributed by atoms with Gasteiger partial charge in [0.05, 0.1) is 0 Å². The maximum atomic E-state index is 12.9. The number of nitrogens with zero attached hydrogens (tertiary/aromatic N) is 1.